The first-order chi connectivity index (χ1) is 13.6. The summed E-state index contributed by atoms with van der Waals surface area (Å²) in [7, 11) is 0. The number of aldehydes is 1. The predicted octanol–water partition coefficient (Wildman–Crippen LogP) is 2.79. The number of esters is 1. The van der Waals surface area contributed by atoms with Crippen LogP contribution in [0.25, 0.3) is 16.6 Å². The number of aromatic amines is 1. The molecule has 0 aliphatic rings. The van der Waals surface area contributed by atoms with Gasteiger partial charge in [0.1, 0.15) is 30.3 Å². The molecule has 8 nitrogen and oxygen atoms in total. The molecule has 0 saturated heterocycles. The fraction of sp³-hybridized carbons (Fsp3) is 0.100. The minimum atomic E-state index is -0.729. The lowest BCUT2D eigenvalue weighted by Gasteiger charge is -2.07. The number of nitrogens with one attached hydrogen (secondary N) is 1. The Morgan fingerprint density at radius 2 is 1.93 bits per heavy atom. The largest absolute Gasteiger partial charge is 0.507 e. The van der Waals surface area contributed by atoms with Crippen molar-refractivity contribution in [1.29, 1.82) is 5.26 Å². The van der Waals surface area contributed by atoms with Crippen LogP contribution in [0.3, 0.4) is 0 Å². The molecule has 0 spiro atoms. The Balaban J connectivity index is 1.60. The molecular formula is C20H15N3O5. The number of rotatable bonds is 7. The van der Waals surface area contributed by atoms with E-state index in [-0.39, 0.29) is 18.0 Å². The lowest BCUT2D eigenvalue weighted by Crippen LogP contribution is -2.16. The SMILES string of the molecule is N#CC(=C(O)COC(=O)COc1ccc(C=O)cc1)c1nc2ccccc2[nH]1. The van der Waals surface area contributed by atoms with E-state index in [1.165, 1.54) is 0 Å². The number of nitrogens with zero attached hydrogens (tertiary/aromatic N) is 2. The Hall–Kier alpha value is -4.12. The van der Waals surface area contributed by atoms with E-state index in [2.05, 4.69) is 9.97 Å². The Labute approximate surface area is 159 Å². The maximum Gasteiger partial charge on any atom is 0.344 e. The fourth-order valence-electron chi connectivity index (χ4n) is 2.37. The number of fused-ring (bicyclic) bond motifs is 1. The topological polar surface area (TPSA) is 125 Å². The second kappa shape index (κ2) is 8.51. The van der Waals surface area contributed by atoms with Gasteiger partial charge in [-0.3, -0.25) is 4.79 Å². The highest BCUT2D eigenvalue weighted by Gasteiger charge is 2.15. The van der Waals surface area contributed by atoms with Crippen LogP contribution < -0.4 is 4.74 Å². The third-order valence-corrected chi connectivity index (χ3v) is 3.77. The van der Waals surface area contributed by atoms with Crippen molar-refractivity contribution in [3.63, 3.8) is 0 Å². The summed E-state index contributed by atoms with van der Waals surface area (Å²) in [4.78, 5) is 29.5. The molecule has 2 aromatic carbocycles. The van der Waals surface area contributed by atoms with Crippen LogP contribution in [0.5, 0.6) is 5.75 Å². The zero-order valence-electron chi connectivity index (χ0n) is 14.6. The number of benzene rings is 2. The van der Waals surface area contributed by atoms with Crippen LogP contribution in [0.1, 0.15) is 16.2 Å². The highest BCUT2D eigenvalue weighted by molar-refractivity contribution is 5.83. The molecule has 0 aliphatic heterocycles. The van der Waals surface area contributed by atoms with Crippen molar-refractivity contribution in [2.45, 2.75) is 0 Å². The van der Waals surface area contributed by atoms with Crippen molar-refractivity contribution in [2.24, 2.45) is 0 Å². The summed E-state index contributed by atoms with van der Waals surface area (Å²) in [6.07, 6.45) is 0.696. The minimum Gasteiger partial charge on any atom is -0.507 e. The first-order valence-electron chi connectivity index (χ1n) is 8.21. The summed E-state index contributed by atoms with van der Waals surface area (Å²) >= 11 is 0. The van der Waals surface area contributed by atoms with Gasteiger partial charge in [0, 0.05) is 5.56 Å². The molecule has 3 aromatic rings. The van der Waals surface area contributed by atoms with Gasteiger partial charge in [0.2, 0.25) is 0 Å². The summed E-state index contributed by atoms with van der Waals surface area (Å²) in [5.41, 5.74) is 1.72. The van der Waals surface area contributed by atoms with Gasteiger partial charge in [0.25, 0.3) is 0 Å². The molecule has 0 aliphatic carbocycles. The van der Waals surface area contributed by atoms with Crippen molar-refractivity contribution in [3.05, 3.63) is 65.7 Å². The van der Waals surface area contributed by atoms with E-state index in [1.54, 1.807) is 42.5 Å². The molecule has 2 N–H and O–H groups in total. The molecule has 3 rings (SSSR count). The smallest absolute Gasteiger partial charge is 0.344 e. The van der Waals surface area contributed by atoms with Gasteiger partial charge in [0.05, 0.1) is 11.0 Å². The van der Waals surface area contributed by atoms with Crippen molar-refractivity contribution < 1.29 is 24.2 Å². The summed E-state index contributed by atoms with van der Waals surface area (Å²) in [6.45, 7) is -0.882. The number of carbonyl (C=O) groups excluding carboxylic acids is 2. The molecule has 0 fully saturated rings. The van der Waals surface area contributed by atoms with E-state index in [1.807, 2.05) is 12.1 Å². The van der Waals surface area contributed by atoms with Gasteiger partial charge < -0.3 is 19.6 Å². The number of ether oxygens (including phenoxy) is 2. The van der Waals surface area contributed by atoms with Gasteiger partial charge in [0.15, 0.2) is 18.2 Å². The van der Waals surface area contributed by atoms with Gasteiger partial charge in [-0.15, -0.1) is 0 Å². The normalized spacial score (nSPS) is 11.4. The lowest BCUT2D eigenvalue weighted by molar-refractivity contribution is -0.145. The van der Waals surface area contributed by atoms with Crippen molar-refractivity contribution in [3.8, 4) is 11.8 Å². The van der Waals surface area contributed by atoms with Crippen LogP contribution >= 0.6 is 0 Å². The first kappa shape index (κ1) is 18.7. The van der Waals surface area contributed by atoms with Crippen molar-refractivity contribution in [2.75, 3.05) is 13.2 Å². The summed E-state index contributed by atoms with van der Waals surface area (Å²) in [6, 6.07) is 15.2. The number of imidazole rings is 1. The van der Waals surface area contributed by atoms with Gasteiger partial charge in [-0.25, -0.2) is 9.78 Å². The van der Waals surface area contributed by atoms with E-state index in [4.69, 9.17) is 9.47 Å². The van der Waals surface area contributed by atoms with Gasteiger partial charge in [-0.05, 0) is 36.4 Å². The Bertz CT molecular complexity index is 1040. The quantitative estimate of drug-likeness (QED) is 0.281. The third-order valence-electron chi connectivity index (χ3n) is 3.77. The van der Waals surface area contributed by atoms with Crippen LogP contribution in [0.4, 0.5) is 0 Å². The summed E-state index contributed by atoms with van der Waals surface area (Å²) in [5.74, 6) is -0.579. The molecule has 0 amide bonds. The number of hydrogen-bond donors (Lipinski definition) is 2. The average Bonchev–Trinajstić information content (AvgIpc) is 3.15. The Morgan fingerprint density at radius 1 is 1.18 bits per heavy atom. The van der Waals surface area contributed by atoms with Crippen LogP contribution in [0.2, 0.25) is 0 Å². The number of aliphatic hydroxyl groups excluding tert-OH is 1. The van der Waals surface area contributed by atoms with E-state index < -0.39 is 18.3 Å². The number of para-hydroxylation sites is 2. The molecule has 0 saturated carbocycles. The van der Waals surface area contributed by atoms with Gasteiger partial charge in [-0.1, -0.05) is 12.1 Å². The minimum absolute atomic E-state index is 0.116. The molecule has 0 radical (unpaired) electrons. The average molecular weight is 377 g/mol. The Morgan fingerprint density at radius 3 is 2.61 bits per heavy atom. The zero-order chi connectivity index (χ0) is 19.9. The maximum atomic E-state index is 11.8. The summed E-state index contributed by atoms with van der Waals surface area (Å²) in [5, 5.41) is 19.4. The number of aliphatic hydroxyl groups is 1. The molecule has 0 atom stereocenters. The number of nitriles is 1. The van der Waals surface area contributed by atoms with E-state index in [0.717, 1.165) is 0 Å². The first-order valence-corrected chi connectivity index (χ1v) is 8.21. The fourth-order valence-corrected chi connectivity index (χ4v) is 2.37. The van der Waals surface area contributed by atoms with Crippen LogP contribution in [-0.4, -0.2) is 40.5 Å². The molecule has 1 aromatic heterocycles. The molecular weight excluding hydrogens is 362 g/mol. The molecule has 0 unspecified atom stereocenters. The van der Waals surface area contributed by atoms with Crippen molar-refractivity contribution >= 4 is 28.9 Å². The van der Waals surface area contributed by atoms with Crippen LogP contribution in [0, 0.1) is 11.3 Å². The number of carbonyl (C=O) groups is 2. The van der Waals surface area contributed by atoms with Gasteiger partial charge >= 0.3 is 5.97 Å². The predicted molar refractivity (Wildman–Crippen MR) is 99.5 cm³/mol. The molecule has 140 valence electrons. The third kappa shape index (κ3) is 4.34. The summed E-state index contributed by atoms with van der Waals surface area (Å²) < 4.78 is 10.2. The second-order valence-corrected chi connectivity index (χ2v) is 5.67. The van der Waals surface area contributed by atoms with E-state index in [9.17, 15) is 20.0 Å². The molecule has 0 bridgehead atoms. The molecule has 8 heteroatoms. The highest BCUT2D eigenvalue weighted by Crippen LogP contribution is 2.19. The molecule has 1 heterocycles. The van der Waals surface area contributed by atoms with Crippen LogP contribution in [-0.2, 0) is 9.53 Å². The number of aromatic nitrogens is 2. The van der Waals surface area contributed by atoms with E-state index in [0.29, 0.717) is 28.6 Å². The molecule has 28 heavy (non-hydrogen) atoms. The van der Waals surface area contributed by atoms with Crippen molar-refractivity contribution in [1.82, 2.24) is 9.97 Å². The monoisotopic (exact) mass is 377 g/mol. The number of hydrogen-bond acceptors (Lipinski definition) is 7. The zero-order valence-corrected chi connectivity index (χ0v) is 14.6. The number of H-pyrrole nitrogens is 1. The second-order valence-electron chi connectivity index (χ2n) is 5.67. The highest BCUT2D eigenvalue weighted by atomic mass is 16.6. The van der Waals surface area contributed by atoms with Crippen LogP contribution in [0.15, 0.2) is 54.3 Å². The Kier molecular flexibility index (Phi) is 5.67. The van der Waals surface area contributed by atoms with E-state index >= 15 is 0 Å². The maximum absolute atomic E-state index is 11.8. The standard InChI is InChI=1S/C20H15N3O5/c21-9-15(20-22-16-3-1-2-4-17(16)23-20)18(25)11-28-19(26)12-27-14-7-5-13(10-24)6-8-14/h1-8,10,25H,11-12H2,(H,22,23). The number of allylic oxidation sites excluding steroid dienone is 1. The van der Waals surface area contributed by atoms with Gasteiger partial charge in [-0.2, -0.15) is 5.26 Å². The lowest BCUT2D eigenvalue weighted by atomic mass is 10.2.